The van der Waals surface area contributed by atoms with Crippen LogP contribution in [0.3, 0.4) is 0 Å². The molecule has 0 saturated heterocycles. The van der Waals surface area contributed by atoms with Crippen LogP contribution < -0.4 is 0 Å². The Balaban J connectivity index is 2.02. The van der Waals surface area contributed by atoms with Crippen LogP contribution >= 0.6 is 0 Å². The van der Waals surface area contributed by atoms with E-state index < -0.39 is 5.82 Å². The van der Waals surface area contributed by atoms with Gasteiger partial charge in [-0.25, -0.2) is 4.39 Å². The van der Waals surface area contributed by atoms with Gasteiger partial charge < -0.3 is 0 Å². The second-order valence-electron chi connectivity index (χ2n) is 3.82. The predicted octanol–water partition coefficient (Wildman–Crippen LogP) is 2.59. The van der Waals surface area contributed by atoms with Crippen molar-refractivity contribution in [2.45, 2.75) is 25.7 Å². The molecule has 0 atom stereocenters. The highest BCUT2D eigenvalue weighted by atomic mass is 19.1. The highest BCUT2D eigenvalue weighted by molar-refractivity contribution is 5.95. The standard InChI is InChI=1S/C11H12FNO/c12-10-5-9(6-13-7-10)11(14)4-8-2-1-3-8/h5-8H,1-4H2. The number of hydrogen-bond acceptors (Lipinski definition) is 2. The van der Waals surface area contributed by atoms with E-state index in [1.165, 1.54) is 18.7 Å². The zero-order chi connectivity index (χ0) is 9.97. The lowest BCUT2D eigenvalue weighted by Gasteiger charge is -2.24. The summed E-state index contributed by atoms with van der Waals surface area (Å²) in [6.07, 6.45) is 6.58. The molecule has 0 aromatic carbocycles. The first-order valence-corrected chi connectivity index (χ1v) is 4.89. The second-order valence-corrected chi connectivity index (χ2v) is 3.82. The molecule has 1 fully saturated rings. The third-order valence-corrected chi connectivity index (χ3v) is 2.73. The molecule has 2 rings (SSSR count). The van der Waals surface area contributed by atoms with Gasteiger partial charge in [-0.3, -0.25) is 9.78 Å². The average molecular weight is 193 g/mol. The number of ketones is 1. The zero-order valence-corrected chi connectivity index (χ0v) is 7.87. The van der Waals surface area contributed by atoms with Crippen LogP contribution in [0, 0.1) is 11.7 Å². The Bertz CT molecular complexity index is 347. The molecule has 2 nitrogen and oxygen atoms in total. The number of carbonyl (C=O) groups excluding carboxylic acids is 1. The van der Waals surface area contributed by atoms with Crippen molar-refractivity contribution in [3.63, 3.8) is 0 Å². The first-order chi connectivity index (χ1) is 6.75. The minimum absolute atomic E-state index is 0.0155. The van der Waals surface area contributed by atoms with Gasteiger partial charge in [-0.1, -0.05) is 19.3 Å². The van der Waals surface area contributed by atoms with Crippen LogP contribution in [0.1, 0.15) is 36.0 Å². The summed E-state index contributed by atoms with van der Waals surface area (Å²) in [6.45, 7) is 0. The largest absolute Gasteiger partial charge is 0.294 e. The van der Waals surface area contributed by atoms with Crippen molar-refractivity contribution in [1.82, 2.24) is 4.98 Å². The van der Waals surface area contributed by atoms with Gasteiger partial charge in [-0.05, 0) is 12.0 Å². The molecule has 14 heavy (non-hydrogen) atoms. The summed E-state index contributed by atoms with van der Waals surface area (Å²) in [7, 11) is 0. The Morgan fingerprint density at radius 2 is 2.29 bits per heavy atom. The van der Waals surface area contributed by atoms with E-state index >= 15 is 0 Å². The van der Waals surface area contributed by atoms with Gasteiger partial charge in [-0.15, -0.1) is 0 Å². The molecule has 0 N–H and O–H groups in total. The molecule has 3 heteroatoms. The summed E-state index contributed by atoms with van der Waals surface area (Å²) in [5, 5.41) is 0. The number of nitrogens with zero attached hydrogens (tertiary/aromatic N) is 1. The number of pyridine rings is 1. The van der Waals surface area contributed by atoms with Gasteiger partial charge in [-0.2, -0.15) is 0 Å². The molecule has 1 aromatic rings. The minimum atomic E-state index is -0.440. The molecule has 1 heterocycles. The Morgan fingerprint density at radius 1 is 1.50 bits per heavy atom. The monoisotopic (exact) mass is 193 g/mol. The lowest BCUT2D eigenvalue weighted by molar-refractivity contribution is 0.0935. The molecule has 0 bridgehead atoms. The van der Waals surface area contributed by atoms with Gasteiger partial charge >= 0.3 is 0 Å². The Labute approximate surface area is 82.2 Å². The number of Topliss-reactive ketones (excluding diaryl/α,β-unsaturated/α-hetero) is 1. The highest BCUT2D eigenvalue weighted by Gasteiger charge is 2.21. The van der Waals surface area contributed by atoms with Gasteiger partial charge in [0, 0.05) is 18.2 Å². The van der Waals surface area contributed by atoms with Crippen molar-refractivity contribution in [1.29, 1.82) is 0 Å². The van der Waals surface area contributed by atoms with E-state index in [0.717, 1.165) is 19.0 Å². The average Bonchev–Trinajstić information content (AvgIpc) is 2.11. The maximum atomic E-state index is 12.7. The third kappa shape index (κ3) is 1.97. The predicted molar refractivity (Wildman–Crippen MR) is 50.5 cm³/mol. The van der Waals surface area contributed by atoms with E-state index in [1.807, 2.05) is 0 Å². The van der Waals surface area contributed by atoms with Gasteiger partial charge in [0.25, 0.3) is 0 Å². The van der Waals surface area contributed by atoms with Crippen LogP contribution in [0.15, 0.2) is 18.5 Å². The smallest absolute Gasteiger partial charge is 0.164 e. The Morgan fingerprint density at radius 3 is 2.86 bits per heavy atom. The molecule has 0 radical (unpaired) electrons. The molecule has 1 aliphatic carbocycles. The van der Waals surface area contributed by atoms with E-state index in [0.29, 0.717) is 17.9 Å². The Kier molecular flexibility index (Phi) is 2.57. The van der Waals surface area contributed by atoms with Gasteiger partial charge in [0.2, 0.25) is 0 Å². The lowest BCUT2D eigenvalue weighted by Crippen LogP contribution is -2.16. The summed E-state index contributed by atoms with van der Waals surface area (Å²) in [5.74, 6) is 0.0944. The van der Waals surface area contributed by atoms with Crippen molar-refractivity contribution in [2.75, 3.05) is 0 Å². The van der Waals surface area contributed by atoms with E-state index in [9.17, 15) is 9.18 Å². The summed E-state index contributed by atoms with van der Waals surface area (Å²) in [6, 6.07) is 1.26. The van der Waals surface area contributed by atoms with E-state index in [-0.39, 0.29) is 5.78 Å². The fraction of sp³-hybridized carbons (Fsp3) is 0.455. The summed E-state index contributed by atoms with van der Waals surface area (Å²) < 4.78 is 12.7. The minimum Gasteiger partial charge on any atom is -0.294 e. The molecule has 0 unspecified atom stereocenters. The van der Waals surface area contributed by atoms with Crippen molar-refractivity contribution >= 4 is 5.78 Å². The van der Waals surface area contributed by atoms with E-state index in [2.05, 4.69) is 4.98 Å². The van der Waals surface area contributed by atoms with Crippen LogP contribution in [0.5, 0.6) is 0 Å². The van der Waals surface area contributed by atoms with Crippen LogP contribution in [0.25, 0.3) is 0 Å². The van der Waals surface area contributed by atoms with Gasteiger partial charge in [0.1, 0.15) is 5.82 Å². The Hall–Kier alpha value is -1.25. The fourth-order valence-electron chi connectivity index (χ4n) is 1.64. The zero-order valence-electron chi connectivity index (χ0n) is 7.87. The second kappa shape index (κ2) is 3.86. The number of carbonyl (C=O) groups is 1. The normalized spacial score (nSPS) is 16.4. The molecule has 0 spiro atoms. The maximum Gasteiger partial charge on any atom is 0.164 e. The number of rotatable bonds is 3. The number of aromatic nitrogens is 1. The molecule has 0 aliphatic heterocycles. The SMILES string of the molecule is O=C(CC1CCC1)c1cncc(F)c1. The summed E-state index contributed by atoms with van der Waals surface area (Å²) in [5.41, 5.74) is 0.400. The van der Waals surface area contributed by atoms with E-state index in [4.69, 9.17) is 0 Å². The maximum absolute atomic E-state index is 12.7. The van der Waals surface area contributed by atoms with Gasteiger partial charge in [0.15, 0.2) is 5.78 Å². The highest BCUT2D eigenvalue weighted by Crippen LogP contribution is 2.30. The molecule has 1 saturated carbocycles. The van der Waals surface area contributed by atoms with Crippen molar-refractivity contribution < 1.29 is 9.18 Å². The van der Waals surface area contributed by atoms with Crippen molar-refractivity contribution in [3.05, 3.63) is 29.8 Å². The topological polar surface area (TPSA) is 30.0 Å². The van der Waals surface area contributed by atoms with Crippen molar-refractivity contribution in [3.8, 4) is 0 Å². The van der Waals surface area contributed by atoms with Crippen LogP contribution in [-0.2, 0) is 0 Å². The van der Waals surface area contributed by atoms with Crippen LogP contribution in [0.2, 0.25) is 0 Å². The number of hydrogen-bond donors (Lipinski definition) is 0. The van der Waals surface area contributed by atoms with Crippen molar-refractivity contribution in [2.24, 2.45) is 5.92 Å². The van der Waals surface area contributed by atoms with E-state index in [1.54, 1.807) is 0 Å². The van der Waals surface area contributed by atoms with Crippen LogP contribution in [-0.4, -0.2) is 10.8 Å². The molecule has 1 aliphatic rings. The first-order valence-electron chi connectivity index (χ1n) is 4.89. The molecule has 74 valence electrons. The third-order valence-electron chi connectivity index (χ3n) is 2.73. The summed E-state index contributed by atoms with van der Waals surface area (Å²) in [4.78, 5) is 15.3. The van der Waals surface area contributed by atoms with Gasteiger partial charge in [0.05, 0.1) is 6.20 Å². The van der Waals surface area contributed by atoms with Crippen LogP contribution in [0.4, 0.5) is 4.39 Å². The molecule has 0 amide bonds. The number of halogens is 1. The molecular weight excluding hydrogens is 181 g/mol. The quantitative estimate of drug-likeness (QED) is 0.690. The fourth-order valence-corrected chi connectivity index (χ4v) is 1.64. The molecule has 1 aromatic heterocycles. The first kappa shape index (κ1) is 9.31. The lowest BCUT2D eigenvalue weighted by atomic mass is 9.81. The summed E-state index contributed by atoms with van der Waals surface area (Å²) >= 11 is 0. The molecular formula is C11H12FNO.